The standard InChI is InChI=1S/C10H10ClN/c1-7(2)9-4-3-8(6-12)5-10(9)11/h3-5,7H,1-2H3. The molecule has 0 amide bonds. The minimum atomic E-state index is 0.408. The Hall–Kier alpha value is -1.00. The quantitative estimate of drug-likeness (QED) is 0.649. The first-order valence-electron chi connectivity index (χ1n) is 3.84. The molecule has 1 rings (SSSR count). The highest BCUT2D eigenvalue weighted by Crippen LogP contribution is 2.24. The second-order valence-corrected chi connectivity index (χ2v) is 3.41. The van der Waals surface area contributed by atoms with Gasteiger partial charge in [0.15, 0.2) is 0 Å². The summed E-state index contributed by atoms with van der Waals surface area (Å²) in [5, 5.41) is 9.27. The molecule has 1 aromatic rings. The van der Waals surface area contributed by atoms with Crippen LogP contribution in [0, 0.1) is 11.3 Å². The minimum absolute atomic E-state index is 0.408. The number of nitriles is 1. The highest BCUT2D eigenvalue weighted by atomic mass is 35.5. The Morgan fingerprint density at radius 1 is 1.42 bits per heavy atom. The molecule has 0 atom stereocenters. The molecule has 12 heavy (non-hydrogen) atoms. The first-order chi connectivity index (χ1) is 5.65. The van der Waals surface area contributed by atoms with Crippen LogP contribution < -0.4 is 0 Å². The molecule has 1 nitrogen and oxygen atoms in total. The Bertz CT molecular complexity index is 323. The molecule has 0 bridgehead atoms. The second kappa shape index (κ2) is 3.60. The monoisotopic (exact) mass is 179 g/mol. The van der Waals surface area contributed by atoms with E-state index in [0.29, 0.717) is 16.5 Å². The SMILES string of the molecule is CC(C)c1ccc(C#N)cc1Cl. The minimum Gasteiger partial charge on any atom is -0.192 e. The van der Waals surface area contributed by atoms with Gasteiger partial charge in [-0.25, -0.2) is 0 Å². The average molecular weight is 180 g/mol. The molecule has 0 aliphatic rings. The molecule has 1 aromatic carbocycles. The van der Waals surface area contributed by atoms with Crippen LogP contribution in [0.1, 0.15) is 30.9 Å². The second-order valence-electron chi connectivity index (χ2n) is 3.00. The molecular weight excluding hydrogens is 170 g/mol. The van der Waals surface area contributed by atoms with Gasteiger partial charge in [-0.2, -0.15) is 5.26 Å². The summed E-state index contributed by atoms with van der Waals surface area (Å²) in [5.74, 6) is 0.408. The van der Waals surface area contributed by atoms with Gasteiger partial charge in [0, 0.05) is 5.02 Å². The Morgan fingerprint density at radius 3 is 2.50 bits per heavy atom. The Balaban J connectivity index is 3.14. The fourth-order valence-corrected chi connectivity index (χ4v) is 1.46. The third-order valence-corrected chi connectivity index (χ3v) is 2.08. The van der Waals surface area contributed by atoms with E-state index in [1.165, 1.54) is 0 Å². The van der Waals surface area contributed by atoms with E-state index in [9.17, 15) is 0 Å². The highest BCUT2D eigenvalue weighted by molar-refractivity contribution is 6.31. The molecule has 0 aromatic heterocycles. The van der Waals surface area contributed by atoms with E-state index in [4.69, 9.17) is 16.9 Å². The maximum atomic E-state index is 8.58. The van der Waals surface area contributed by atoms with Gasteiger partial charge in [0.2, 0.25) is 0 Å². The number of rotatable bonds is 1. The molecule has 0 heterocycles. The van der Waals surface area contributed by atoms with Crippen molar-refractivity contribution < 1.29 is 0 Å². The predicted octanol–water partition coefficient (Wildman–Crippen LogP) is 3.34. The van der Waals surface area contributed by atoms with E-state index in [-0.39, 0.29) is 0 Å². The van der Waals surface area contributed by atoms with Crippen molar-refractivity contribution in [1.82, 2.24) is 0 Å². The molecule has 0 unspecified atom stereocenters. The van der Waals surface area contributed by atoms with E-state index in [2.05, 4.69) is 13.8 Å². The third-order valence-electron chi connectivity index (χ3n) is 1.75. The summed E-state index contributed by atoms with van der Waals surface area (Å²) in [4.78, 5) is 0. The van der Waals surface area contributed by atoms with Crippen molar-refractivity contribution in [2.24, 2.45) is 0 Å². The van der Waals surface area contributed by atoms with Crippen LogP contribution in [0.25, 0.3) is 0 Å². The molecule has 0 radical (unpaired) electrons. The smallest absolute Gasteiger partial charge is 0.0992 e. The van der Waals surface area contributed by atoms with Gasteiger partial charge in [0.25, 0.3) is 0 Å². The van der Waals surface area contributed by atoms with Gasteiger partial charge in [-0.15, -0.1) is 0 Å². The zero-order chi connectivity index (χ0) is 9.14. The van der Waals surface area contributed by atoms with Crippen molar-refractivity contribution in [3.05, 3.63) is 34.3 Å². The summed E-state index contributed by atoms with van der Waals surface area (Å²) in [6.45, 7) is 4.15. The first kappa shape index (κ1) is 9.09. The van der Waals surface area contributed by atoms with Crippen LogP contribution in [-0.2, 0) is 0 Å². The molecule has 0 N–H and O–H groups in total. The number of nitrogens with zero attached hydrogens (tertiary/aromatic N) is 1. The molecule has 0 saturated carbocycles. The molecule has 0 fully saturated rings. The lowest BCUT2D eigenvalue weighted by Crippen LogP contribution is -1.88. The maximum absolute atomic E-state index is 8.58. The van der Waals surface area contributed by atoms with Crippen LogP contribution >= 0.6 is 11.6 Å². The van der Waals surface area contributed by atoms with Gasteiger partial charge < -0.3 is 0 Å². The molecule has 0 aliphatic heterocycles. The lowest BCUT2D eigenvalue weighted by molar-refractivity contribution is 0.867. The van der Waals surface area contributed by atoms with Crippen LogP contribution in [0.3, 0.4) is 0 Å². The molecule has 2 heteroatoms. The summed E-state index contributed by atoms with van der Waals surface area (Å²) in [6.07, 6.45) is 0. The van der Waals surface area contributed by atoms with E-state index in [1.807, 2.05) is 12.1 Å². The highest BCUT2D eigenvalue weighted by Gasteiger charge is 2.04. The lowest BCUT2D eigenvalue weighted by Gasteiger charge is -2.06. The first-order valence-corrected chi connectivity index (χ1v) is 4.22. The van der Waals surface area contributed by atoms with Gasteiger partial charge in [-0.3, -0.25) is 0 Å². The van der Waals surface area contributed by atoms with Crippen LogP contribution in [0.2, 0.25) is 5.02 Å². The Kier molecular flexibility index (Phi) is 2.73. The third kappa shape index (κ3) is 1.78. The topological polar surface area (TPSA) is 23.8 Å². The number of hydrogen-bond acceptors (Lipinski definition) is 1. The molecule has 0 spiro atoms. The van der Waals surface area contributed by atoms with E-state index >= 15 is 0 Å². The van der Waals surface area contributed by atoms with E-state index in [1.54, 1.807) is 12.1 Å². The van der Waals surface area contributed by atoms with Gasteiger partial charge in [-0.1, -0.05) is 31.5 Å². The van der Waals surface area contributed by atoms with Crippen LogP contribution in [0.4, 0.5) is 0 Å². The van der Waals surface area contributed by atoms with Crippen molar-refractivity contribution in [1.29, 1.82) is 5.26 Å². The van der Waals surface area contributed by atoms with Gasteiger partial charge >= 0.3 is 0 Å². The van der Waals surface area contributed by atoms with Crippen molar-refractivity contribution in [3.63, 3.8) is 0 Å². The van der Waals surface area contributed by atoms with E-state index < -0.39 is 0 Å². The predicted molar refractivity (Wildman–Crippen MR) is 50.3 cm³/mol. The fourth-order valence-electron chi connectivity index (χ4n) is 1.06. The van der Waals surface area contributed by atoms with E-state index in [0.717, 1.165) is 5.56 Å². The largest absolute Gasteiger partial charge is 0.192 e. The average Bonchev–Trinajstić information content (AvgIpc) is 2.03. The van der Waals surface area contributed by atoms with Crippen molar-refractivity contribution >= 4 is 11.6 Å². The Morgan fingerprint density at radius 2 is 2.08 bits per heavy atom. The van der Waals surface area contributed by atoms with Gasteiger partial charge in [0.05, 0.1) is 11.6 Å². The zero-order valence-corrected chi connectivity index (χ0v) is 7.89. The number of hydrogen-bond donors (Lipinski definition) is 0. The molecule has 0 aliphatic carbocycles. The van der Waals surface area contributed by atoms with Gasteiger partial charge in [-0.05, 0) is 23.6 Å². The number of halogens is 1. The Labute approximate surface area is 77.6 Å². The summed E-state index contributed by atoms with van der Waals surface area (Å²) in [6, 6.07) is 7.46. The van der Waals surface area contributed by atoms with Crippen molar-refractivity contribution in [3.8, 4) is 6.07 Å². The van der Waals surface area contributed by atoms with Crippen molar-refractivity contribution in [2.45, 2.75) is 19.8 Å². The molecular formula is C10H10ClN. The normalized spacial score (nSPS) is 9.92. The zero-order valence-electron chi connectivity index (χ0n) is 7.13. The molecule has 62 valence electrons. The summed E-state index contributed by atoms with van der Waals surface area (Å²) in [7, 11) is 0. The van der Waals surface area contributed by atoms with Gasteiger partial charge in [0.1, 0.15) is 0 Å². The van der Waals surface area contributed by atoms with Crippen LogP contribution in [-0.4, -0.2) is 0 Å². The maximum Gasteiger partial charge on any atom is 0.0992 e. The van der Waals surface area contributed by atoms with Crippen LogP contribution in [0.15, 0.2) is 18.2 Å². The summed E-state index contributed by atoms with van der Waals surface area (Å²) in [5.41, 5.74) is 1.71. The fraction of sp³-hybridized carbons (Fsp3) is 0.300. The molecule has 0 saturated heterocycles. The number of benzene rings is 1. The summed E-state index contributed by atoms with van der Waals surface area (Å²) < 4.78 is 0. The lowest BCUT2D eigenvalue weighted by atomic mass is 10.0. The summed E-state index contributed by atoms with van der Waals surface area (Å²) >= 11 is 5.95. The van der Waals surface area contributed by atoms with Crippen LogP contribution in [0.5, 0.6) is 0 Å². The van der Waals surface area contributed by atoms with Crippen molar-refractivity contribution in [2.75, 3.05) is 0 Å².